The van der Waals surface area contributed by atoms with E-state index < -0.39 is 0 Å². The van der Waals surface area contributed by atoms with Gasteiger partial charge in [0.15, 0.2) is 0 Å². The van der Waals surface area contributed by atoms with Crippen molar-refractivity contribution >= 4 is 100 Å². The molecule has 0 radical (unpaired) electrons. The second-order valence-corrected chi connectivity index (χ2v) is 25.2. The quantitative estimate of drug-likeness (QED) is 0.121. The molecule has 0 aliphatic carbocycles. The van der Waals surface area contributed by atoms with Gasteiger partial charge in [-0.05, 0) is 57.9 Å². The van der Waals surface area contributed by atoms with Crippen LogP contribution in [0.4, 0.5) is 34.1 Å². The minimum atomic E-state index is -0.251. The zero-order valence-electron chi connectivity index (χ0n) is 44.1. The van der Waals surface area contributed by atoms with Crippen molar-refractivity contribution in [3.8, 4) is 22.3 Å². The first-order chi connectivity index (χ1) is 36.3. The maximum atomic E-state index is 2.58. The summed E-state index contributed by atoms with van der Waals surface area (Å²) in [6, 6.07) is 79.4. The van der Waals surface area contributed by atoms with Crippen molar-refractivity contribution in [3.05, 3.63) is 240 Å². The first-order valence-corrected chi connectivity index (χ1v) is 28.6. The summed E-state index contributed by atoms with van der Waals surface area (Å²) in [6.07, 6.45) is 0. The van der Waals surface area contributed by atoms with Crippen molar-refractivity contribution < 1.29 is 0 Å². The van der Waals surface area contributed by atoms with E-state index in [1.54, 1.807) is 0 Å². The number of anilines is 6. The number of para-hydroxylation sites is 1. The second kappa shape index (κ2) is 16.9. The molecule has 0 N–H and O–H groups in total. The molecule has 0 saturated carbocycles. The van der Waals surface area contributed by atoms with Crippen LogP contribution in [0.25, 0.3) is 73.9 Å². The summed E-state index contributed by atoms with van der Waals surface area (Å²) in [5.74, 6) is 0.991. The Balaban J connectivity index is 0.939. The van der Waals surface area contributed by atoms with E-state index in [4.69, 9.17) is 0 Å². The summed E-state index contributed by atoms with van der Waals surface area (Å²) < 4.78 is 2.93. The van der Waals surface area contributed by atoms with E-state index >= 15 is 0 Å². The zero-order chi connectivity index (χ0) is 51.1. The third kappa shape index (κ3) is 7.05. The molecule has 0 spiro atoms. The molecular formula is C72H60N2Se. The van der Waals surface area contributed by atoms with Crippen LogP contribution in [-0.4, -0.2) is 14.5 Å². The van der Waals surface area contributed by atoms with E-state index in [0.717, 1.165) is 5.69 Å². The molecular weight excluding hydrogens is 972 g/mol. The van der Waals surface area contributed by atoms with Crippen LogP contribution >= 0.6 is 0 Å². The molecule has 1 aromatic heterocycles. The normalized spacial score (nSPS) is 14.5. The molecule has 11 aromatic carbocycles. The van der Waals surface area contributed by atoms with E-state index in [2.05, 4.69) is 271 Å². The Kier molecular flexibility index (Phi) is 10.4. The van der Waals surface area contributed by atoms with Gasteiger partial charge in [0, 0.05) is 5.41 Å². The summed E-state index contributed by atoms with van der Waals surface area (Å²) in [5, 5.41) is 10.4. The van der Waals surface area contributed by atoms with Gasteiger partial charge in [0.2, 0.25) is 0 Å². The van der Waals surface area contributed by atoms with Gasteiger partial charge in [-0.3, -0.25) is 0 Å². The average molecular weight is 1030 g/mol. The molecule has 364 valence electrons. The molecule has 3 heteroatoms. The summed E-state index contributed by atoms with van der Waals surface area (Å²) in [4.78, 5) is 5.10. The maximum absolute atomic E-state index is 2.58. The van der Waals surface area contributed by atoms with Crippen molar-refractivity contribution in [2.75, 3.05) is 9.80 Å². The number of benzene rings is 11. The molecule has 3 heterocycles. The number of fused-ring (bicyclic) bond motifs is 13. The minimum absolute atomic E-state index is 0.202. The topological polar surface area (TPSA) is 6.48 Å². The predicted molar refractivity (Wildman–Crippen MR) is 324 cm³/mol. The van der Waals surface area contributed by atoms with Crippen molar-refractivity contribution in [1.82, 2.24) is 0 Å². The first kappa shape index (κ1) is 45.9. The molecule has 75 heavy (non-hydrogen) atoms. The Labute approximate surface area is 447 Å². The average Bonchev–Trinajstić information content (AvgIpc) is 3.89. The molecule has 0 saturated heterocycles. The number of hydrogen-bond donors (Lipinski definition) is 0. The molecule has 2 aliphatic rings. The van der Waals surface area contributed by atoms with Gasteiger partial charge in [-0.2, -0.15) is 0 Å². The van der Waals surface area contributed by atoms with Gasteiger partial charge < -0.3 is 4.90 Å². The summed E-state index contributed by atoms with van der Waals surface area (Å²) >= 11 is 0.234. The van der Waals surface area contributed by atoms with Crippen LogP contribution in [-0.2, 0) is 10.8 Å². The van der Waals surface area contributed by atoms with E-state index in [9.17, 15) is 0 Å². The maximum Gasteiger partial charge on any atom is -0.0541 e. The Bertz CT molecular complexity index is 4280. The Morgan fingerprint density at radius 3 is 1.28 bits per heavy atom. The molecule has 2 aliphatic heterocycles. The molecule has 12 aromatic rings. The van der Waals surface area contributed by atoms with Crippen LogP contribution in [0.3, 0.4) is 0 Å². The molecule has 0 unspecified atom stereocenters. The van der Waals surface area contributed by atoms with Gasteiger partial charge >= 0.3 is 280 Å². The fraction of sp³-hybridized carbons (Fsp3) is 0.167. The van der Waals surface area contributed by atoms with Crippen molar-refractivity contribution in [1.29, 1.82) is 0 Å². The molecule has 0 atom stereocenters. The van der Waals surface area contributed by atoms with Gasteiger partial charge in [-0.1, -0.05) is 90.1 Å². The minimum Gasteiger partial charge on any atom is -0.0582 e. The second-order valence-electron chi connectivity index (χ2n) is 22.9. The van der Waals surface area contributed by atoms with E-state index in [1.807, 2.05) is 0 Å². The van der Waals surface area contributed by atoms with Gasteiger partial charge in [-0.15, -0.1) is 0 Å². The summed E-state index contributed by atoms with van der Waals surface area (Å²) in [5.41, 5.74) is 20.0. The van der Waals surface area contributed by atoms with Crippen LogP contribution in [0.1, 0.15) is 101 Å². The van der Waals surface area contributed by atoms with Gasteiger partial charge in [-0.25, -0.2) is 0 Å². The Hall–Kier alpha value is -7.68. The molecule has 14 rings (SSSR count). The number of hydrogen-bond acceptors (Lipinski definition) is 2. The Morgan fingerprint density at radius 1 is 0.307 bits per heavy atom. The van der Waals surface area contributed by atoms with Crippen molar-refractivity contribution in [2.24, 2.45) is 0 Å². The summed E-state index contributed by atoms with van der Waals surface area (Å²) in [6.45, 7) is 18.7. The molecule has 2 nitrogen and oxygen atoms in total. The number of nitrogens with zero attached hydrogens (tertiary/aromatic N) is 2. The third-order valence-corrected chi connectivity index (χ3v) is 19.6. The van der Waals surface area contributed by atoms with Crippen LogP contribution < -0.4 is 9.80 Å². The van der Waals surface area contributed by atoms with E-state index in [1.165, 1.54) is 136 Å². The molecule has 0 fully saturated rings. The molecule has 0 amide bonds. The van der Waals surface area contributed by atoms with Gasteiger partial charge in [0.25, 0.3) is 0 Å². The monoisotopic (exact) mass is 1030 g/mol. The largest absolute Gasteiger partial charge is 0.0582 e. The van der Waals surface area contributed by atoms with E-state index in [0.29, 0.717) is 11.8 Å². The van der Waals surface area contributed by atoms with Crippen molar-refractivity contribution in [2.45, 2.75) is 78.1 Å². The van der Waals surface area contributed by atoms with Gasteiger partial charge in [0.05, 0.1) is 11.4 Å². The fourth-order valence-corrected chi connectivity index (χ4v) is 15.3. The standard InChI is InChI=1S/C72H60N2Se/c1-43(2)45-21-25-47(26-22-45)49-29-35-66-62(37-49)71(5,6)61-18-12-13-19-65(61)73(66)51-31-33-55-56-34-32-52(40-59(56)54-16-10-9-15-53(54)58(55)39-51)74-67-36-30-50(48-27-23-46(24-28-48)44(3)4)38-63(67)72(7,8)64-41-60-57-17-11-14-20-69(57)75-70(60)42-68(64)74/h9-44H,1-8H3. The predicted octanol–water partition coefficient (Wildman–Crippen LogP) is 20.3. The zero-order valence-corrected chi connectivity index (χ0v) is 45.8. The smallest absolute Gasteiger partial charge is 0.0541 e. The first-order valence-electron chi connectivity index (χ1n) is 26.9. The van der Waals surface area contributed by atoms with Crippen LogP contribution in [0.5, 0.6) is 0 Å². The van der Waals surface area contributed by atoms with Crippen LogP contribution in [0, 0.1) is 0 Å². The summed E-state index contributed by atoms with van der Waals surface area (Å²) in [7, 11) is 0. The SMILES string of the molecule is CC(C)c1ccc(-c2ccc3c(c2)C(C)(C)c2ccccc2N3c2ccc3c4ccc(N5c6ccc(-c7ccc(C(C)C)cc7)cc6C(C)(C)c6cc7c(cc65)[se]c5ccccc57)cc4c4ccccc4c3c2)cc1. The number of rotatable bonds is 6. The fourth-order valence-electron chi connectivity index (χ4n) is 12.9. The third-order valence-electron chi connectivity index (χ3n) is 17.2. The molecule has 0 bridgehead atoms. The van der Waals surface area contributed by atoms with Crippen LogP contribution in [0.15, 0.2) is 206 Å². The van der Waals surface area contributed by atoms with Gasteiger partial charge in [0.1, 0.15) is 0 Å². The van der Waals surface area contributed by atoms with E-state index in [-0.39, 0.29) is 25.3 Å². The van der Waals surface area contributed by atoms with Crippen molar-refractivity contribution in [3.63, 3.8) is 0 Å². The van der Waals surface area contributed by atoms with Crippen LogP contribution in [0.2, 0.25) is 0 Å². The Morgan fingerprint density at radius 2 is 0.733 bits per heavy atom.